The Labute approximate surface area is 148 Å². The van der Waals surface area contributed by atoms with E-state index >= 15 is 0 Å². The molecular formula is C22H34O2. The molecule has 24 heavy (non-hydrogen) atoms. The van der Waals surface area contributed by atoms with Gasteiger partial charge in [0, 0.05) is 23.7 Å². The number of terminal acetylenes is 1. The molecule has 4 bridgehead atoms. The average Bonchev–Trinajstić information content (AvgIpc) is 3.02. The minimum absolute atomic E-state index is 0.0255. The van der Waals surface area contributed by atoms with Crippen LogP contribution >= 0.6 is 0 Å². The Morgan fingerprint density at radius 1 is 0.708 bits per heavy atom. The van der Waals surface area contributed by atoms with Crippen LogP contribution in [0.1, 0.15) is 80.1 Å². The summed E-state index contributed by atoms with van der Waals surface area (Å²) < 4.78 is 0. The van der Waals surface area contributed by atoms with E-state index in [4.69, 9.17) is 0 Å². The maximum Gasteiger partial charge on any atom is 0.139 e. The lowest BCUT2D eigenvalue weighted by Gasteiger charge is -2.32. The van der Waals surface area contributed by atoms with E-state index in [1.165, 1.54) is 12.8 Å². The van der Waals surface area contributed by atoms with E-state index in [0.717, 1.165) is 25.7 Å². The molecule has 2 nitrogen and oxygen atoms in total. The fourth-order valence-corrected chi connectivity index (χ4v) is 5.80. The van der Waals surface area contributed by atoms with Crippen molar-refractivity contribution in [2.45, 2.75) is 80.1 Å². The van der Waals surface area contributed by atoms with Crippen molar-refractivity contribution in [2.75, 3.05) is 0 Å². The van der Waals surface area contributed by atoms with E-state index in [2.05, 4.69) is 54.4 Å². The molecular weight excluding hydrogens is 296 g/mol. The molecule has 0 heterocycles. The number of fused-ring (bicyclic) bond motifs is 4. The van der Waals surface area contributed by atoms with Gasteiger partial charge >= 0.3 is 0 Å². The SMILES string of the molecule is C#C.CC12CCC(CC1=O)C2(C)C.CC12CCC(CC1=O)C2(C)C. The molecule has 4 saturated carbocycles. The standard InChI is InChI=1S/2C10H16O.C2H2/c2*1-9(2)7-4-5-10(9,3)8(11)6-7;1-2/h2*7H,4-6H2,1-3H3;1-2H. The van der Waals surface area contributed by atoms with Crippen LogP contribution in [0.4, 0.5) is 0 Å². The lowest BCUT2D eigenvalue weighted by molar-refractivity contribution is -0.129. The number of ketones is 2. The first-order valence-corrected chi connectivity index (χ1v) is 9.37. The smallest absolute Gasteiger partial charge is 0.139 e. The Balaban J connectivity index is 0.000000158. The van der Waals surface area contributed by atoms with Gasteiger partial charge in [-0.15, -0.1) is 12.8 Å². The van der Waals surface area contributed by atoms with E-state index in [-0.39, 0.29) is 21.7 Å². The normalized spacial score (nSPS) is 43.0. The molecule has 0 spiro atoms. The van der Waals surface area contributed by atoms with Crippen LogP contribution in [-0.2, 0) is 9.59 Å². The van der Waals surface area contributed by atoms with Crippen LogP contribution < -0.4 is 0 Å². The molecule has 4 aliphatic rings. The number of carbonyl (C=O) groups excluding carboxylic acids is 2. The maximum absolute atomic E-state index is 11.6. The number of hydrogen-bond acceptors (Lipinski definition) is 2. The Morgan fingerprint density at radius 2 is 1.00 bits per heavy atom. The Bertz CT molecular complexity index is 520. The second-order valence-corrected chi connectivity index (χ2v) is 9.83. The van der Waals surface area contributed by atoms with Gasteiger partial charge < -0.3 is 0 Å². The van der Waals surface area contributed by atoms with E-state index < -0.39 is 0 Å². The quantitative estimate of drug-likeness (QED) is 0.582. The van der Waals surface area contributed by atoms with Crippen molar-refractivity contribution in [1.82, 2.24) is 0 Å². The number of hydrogen-bond donors (Lipinski definition) is 0. The lowest BCUT2D eigenvalue weighted by atomic mass is 9.70. The molecule has 0 N–H and O–H groups in total. The van der Waals surface area contributed by atoms with Crippen LogP contribution in [0, 0.1) is 46.3 Å². The fraction of sp³-hybridized carbons (Fsp3) is 0.818. The third-order valence-corrected chi connectivity index (χ3v) is 8.97. The van der Waals surface area contributed by atoms with E-state index in [1.54, 1.807) is 0 Å². The highest BCUT2D eigenvalue weighted by molar-refractivity contribution is 5.89. The average molecular weight is 331 g/mol. The first-order valence-electron chi connectivity index (χ1n) is 9.37. The molecule has 0 saturated heterocycles. The van der Waals surface area contributed by atoms with Gasteiger partial charge in [0.1, 0.15) is 11.6 Å². The Kier molecular flexibility index (Phi) is 4.58. The minimum atomic E-state index is 0.0255. The van der Waals surface area contributed by atoms with Crippen molar-refractivity contribution in [2.24, 2.45) is 33.5 Å². The van der Waals surface area contributed by atoms with Gasteiger partial charge in [-0.25, -0.2) is 0 Å². The predicted molar refractivity (Wildman–Crippen MR) is 98.4 cm³/mol. The van der Waals surface area contributed by atoms with Crippen LogP contribution in [0.3, 0.4) is 0 Å². The molecule has 0 amide bonds. The molecule has 4 fully saturated rings. The molecule has 0 aromatic carbocycles. The van der Waals surface area contributed by atoms with Gasteiger partial charge in [-0.05, 0) is 48.3 Å². The first-order chi connectivity index (χ1) is 11.0. The molecule has 0 aromatic rings. The predicted octanol–water partition coefficient (Wildman–Crippen LogP) is 5.05. The zero-order chi connectivity index (χ0) is 18.6. The number of carbonyl (C=O) groups is 2. The molecule has 4 aliphatic carbocycles. The summed E-state index contributed by atoms with van der Waals surface area (Å²) in [6, 6.07) is 0. The van der Waals surface area contributed by atoms with Crippen molar-refractivity contribution in [3.05, 3.63) is 0 Å². The zero-order valence-corrected chi connectivity index (χ0v) is 16.4. The highest BCUT2D eigenvalue weighted by Crippen LogP contribution is 2.64. The van der Waals surface area contributed by atoms with E-state index in [1.807, 2.05) is 0 Å². The third kappa shape index (κ3) is 2.23. The van der Waals surface area contributed by atoms with Crippen LogP contribution in [0.5, 0.6) is 0 Å². The van der Waals surface area contributed by atoms with Crippen LogP contribution in [0.25, 0.3) is 0 Å². The summed E-state index contributed by atoms with van der Waals surface area (Å²) in [5.74, 6) is 2.39. The molecule has 4 atom stereocenters. The molecule has 4 unspecified atom stereocenters. The second kappa shape index (κ2) is 5.72. The summed E-state index contributed by atoms with van der Waals surface area (Å²) in [5, 5.41) is 0. The van der Waals surface area contributed by atoms with Gasteiger partial charge in [-0.1, -0.05) is 41.5 Å². The summed E-state index contributed by atoms with van der Waals surface area (Å²) in [7, 11) is 0. The van der Waals surface area contributed by atoms with Gasteiger partial charge in [0.2, 0.25) is 0 Å². The van der Waals surface area contributed by atoms with Crippen molar-refractivity contribution < 1.29 is 9.59 Å². The Morgan fingerprint density at radius 3 is 1.08 bits per heavy atom. The molecule has 134 valence electrons. The molecule has 0 aromatic heterocycles. The minimum Gasteiger partial charge on any atom is -0.299 e. The molecule has 0 aliphatic heterocycles. The van der Waals surface area contributed by atoms with Crippen molar-refractivity contribution in [3.63, 3.8) is 0 Å². The van der Waals surface area contributed by atoms with Crippen LogP contribution in [0.15, 0.2) is 0 Å². The monoisotopic (exact) mass is 330 g/mol. The third-order valence-electron chi connectivity index (χ3n) is 8.97. The fourth-order valence-electron chi connectivity index (χ4n) is 5.80. The zero-order valence-electron chi connectivity index (χ0n) is 16.4. The van der Waals surface area contributed by atoms with Gasteiger partial charge in [0.25, 0.3) is 0 Å². The second-order valence-electron chi connectivity index (χ2n) is 9.83. The van der Waals surface area contributed by atoms with Crippen molar-refractivity contribution >= 4 is 11.6 Å². The topological polar surface area (TPSA) is 34.1 Å². The van der Waals surface area contributed by atoms with E-state index in [9.17, 15) is 9.59 Å². The molecule has 0 radical (unpaired) electrons. The van der Waals surface area contributed by atoms with Crippen molar-refractivity contribution in [3.8, 4) is 12.8 Å². The van der Waals surface area contributed by atoms with Gasteiger partial charge in [0.05, 0.1) is 0 Å². The van der Waals surface area contributed by atoms with Crippen LogP contribution in [0.2, 0.25) is 0 Å². The van der Waals surface area contributed by atoms with Gasteiger partial charge in [-0.3, -0.25) is 9.59 Å². The largest absolute Gasteiger partial charge is 0.299 e. The van der Waals surface area contributed by atoms with Crippen LogP contribution in [-0.4, -0.2) is 11.6 Å². The Hall–Kier alpha value is -1.10. The summed E-state index contributed by atoms with van der Waals surface area (Å²) >= 11 is 0. The maximum atomic E-state index is 11.6. The highest BCUT2D eigenvalue weighted by atomic mass is 16.1. The van der Waals surface area contributed by atoms with Gasteiger partial charge in [-0.2, -0.15) is 0 Å². The summed E-state index contributed by atoms with van der Waals surface area (Å²) in [6.45, 7) is 13.3. The van der Waals surface area contributed by atoms with E-state index in [0.29, 0.717) is 23.4 Å². The lowest BCUT2D eigenvalue weighted by Crippen LogP contribution is -2.32. The highest BCUT2D eigenvalue weighted by Gasteiger charge is 2.62. The summed E-state index contributed by atoms with van der Waals surface area (Å²) in [6.07, 6.45) is 14.5. The molecule has 2 heteroatoms. The summed E-state index contributed by atoms with van der Waals surface area (Å²) in [5.41, 5.74) is 0.615. The van der Waals surface area contributed by atoms with Gasteiger partial charge in [0.15, 0.2) is 0 Å². The first kappa shape index (κ1) is 19.2. The number of Topliss-reactive ketones (excluding diaryl/α,β-unsaturated/α-hetero) is 2. The van der Waals surface area contributed by atoms with Crippen molar-refractivity contribution in [1.29, 1.82) is 0 Å². The number of rotatable bonds is 0. The summed E-state index contributed by atoms with van der Waals surface area (Å²) in [4.78, 5) is 23.1. The molecule has 4 rings (SSSR count).